The highest BCUT2D eigenvalue weighted by Gasteiger charge is 2.00. The van der Waals surface area contributed by atoms with Gasteiger partial charge in [-0.15, -0.1) is 0 Å². The van der Waals surface area contributed by atoms with Gasteiger partial charge in [0.05, 0.1) is 12.8 Å². The van der Waals surface area contributed by atoms with Crippen molar-refractivity contribution in [1.82, 2.24) is 0 Å². The van der Waals surface area contributed by atoms with Gasteiger partial charge in [-0.05, 0) is 36.4 Å². The number of rotatable bonds is 6. The van der Waals surface area contributed by atoms with Gasteiger partial charge in [-0.1, -0.05) is 12.1 Å². The van der Waals surface area contributed by atoms with E-state index in [0.717, 1.165) is 22.9 Å². The summed E-state index contributed by atoms with van der Waals surface area (Å²) in [5.41, 5.74) is 7.31. The Bertz CT molecular complexity index is 512. The van der Waals surface area contributed by atoms with E-state index in [4.69, 9.17) is 15.2 Å². The largest absolute Gasteiger partial charge is 0.495 e. The van der Waals surface area contributed by atoms with Crippen LogP contribution in [0.3, 0.4) is 0 Å². The third-order valence-corrected chi connectivity index (χ3v) is 2.67. The van der Waals surface area contributed by atoms with E-state index in [-0.39, 0.29) is 0 Å². The predicted octanol–water partition coefficient (Wildman–Crippen LogP) is 2.77. The lowest BCUT2D eigenvalue weighted by molar-refractivity contribution is 0.332. The quantitative estimate of drug-likeness (QED) is 0.618. The average Bonchev–Trinajstić information content (AvgIpc) is 2.46. The van der Waals surface area contributed by atoms with Crippen LogP contribution in [0.5, 0.6) is 11.5 Å². The van der Waals surface area contributed by atoms with E-state index in [0.29, 0.717) is 13.2 Å². The van der Waals surface area contributed by atoms with Gasteiger partial charge in [-0.2, -0.15) is 0 Å². The summed E-state index contributed by atoms with van der Waals surface area (Å²) in [7, 11) is 1.66. The molecule has 0 aliphatic rings. The number of para-hydroxylation sites is 2. The van der Waals surface area contributed by atoms with Crippen LogP contribution in [0.4, 0.5) is 11.4 Å². The minimum atomic E-state index is 0.571. The smallest absolute Gasteiger partial charge is 0.141 e. The molecule has 2 rings (SSSR count). The van der Waals surface area contributed by atoms with Gasteiger partial charge in [-0.25, -0.2) is 0 Å². The summed E-state index contributed by atoms with van der Waals surface area (Å²) in [4.78, 5) is 0. The van der Waals surface area contributed by atoms with E-state index in [1.807, 2.05) is 48.5 Å². The Hall–Kier alpha value is -2.36. The molecule has 0 fully saturated rings. The fourth-order valence-corrected chi connectivity index (χ4v) is 1.71. The van der Waals surface area contributed by atoms with Crippen molar-refractivity contribution in [2.45, 2.75) is 0 Å². The molecule has 0 heterocycles. The number of methoxy groups -OCH3 is 1. The molecule has 0 aromatic heterocycles. The molecule has 0 atom stereocenters. The summed E-state index contributed by atoms with van der Waals surface area (Å²) < 4.78 is 10.9. The Morgan fingerprint density at radius 3 is 2.53 bits per heavy atom. The van der Waals surface area contributed by atoms with Crippen molar-refractivity contribution in [1.29, 1.82) is 0 Å². The first kappa shape index (κ1) is 13.1. The maximum Gasteiger partial charge on any atom is 0.141 e. The van der Waals surface area contributed by atoms with Crippen LogP contribution >= 0.6 is 0 Å². The molecule has 0 spiro atoms. The molecule has 100 valence electrons. The van der Waals surface area contributed by atoms with Crippen LogP contribution < -0.4 is 20.5 Å². The second-order valence-corrected chi connectivity index (χ2v) is 4.04. The summed E-state index contributed by atoms with van der Waals surface area (Å²) in [6.45, 7) is 1.27. The van der Waals surface area contributed by atoms with Gasteiger partial charge in [0.2, 0.25) is 0 Å². The van der Waals surface area contributed by atoms with Gasteiger partial charge in [0.15, 0.2) is 0 Å². The van der Waals surface area contributed by atoms with Crippen molar-refractivity contribution in [3.8, 4) is 11.5 Å². The minimum absolute atomic E-state index is 0.571. The first-order valence-corrected chi connectivity index (χ1v) is 6.15. The number of benzene rings is 2. The topological polar surface area (TPSA) is 56.5 Å². The highest BCUT2D eigenvalue weighted by Crippen LogP contribution is 2.22. The predicted molar refractivity (Wildman–Crippen MR) is 77.8 cm³/mol. The molecule has 0 unspecified atom stereocenters. The van der Waals surface area contributed by atoms with Crippen LogP contribution in [-0.2, 0) is 0 Å². The second kappa shape index (κ2) is 6.54. The Kier molecular flexibility index (Phi) is 4.50. The first-order valence-electron chi connectivity index (χ1n) is 6.15. The zero-order valence-electron chi connectivity index (χ0n) is 10.9. The molecule has 0 aliphatic heterocycles. The maximum atomic E-state index is 5.61. The van der Waals surface area contributed by atoms with E-state index in [1.165, 1.54) is 0 Å². The number of hydrogen-bond donors (Lipinski definition) is 2. The molecule has 3 N–H and O–H groups in total. The van der Waals surface area contributed by atoms with Crippen LogP contribution in [0.15, 0.2) is 48.5 Å². The van der Waals surface area contributed by atoms with Crippen molar-refractivity contribution >= 4 is 11.4 Å². The summed E-state index contributed by atoms with van der Waals surface area (Å²) in [6, 6.07) is 15.2. The Labute approximate surface area is 113 Å². The normalized spacial score (nSPS) is 9.95. The van der Waals surface area contributed by atoms with Crippen LogP contribution in [0.1, 0.15) is 0 Å². The third-order valence-electron chi connectivity index (χ3n) is 2.67. The van der Waals surface area contributed by atoms with E-state index < -0.39 is 0 Å². The van der Waals surface area contributed by atoms with Gasteiger partial charge in [0, 0.05) is 12.2 Å². The molecule has 0 aliphatic carbocycles. The van der Waals surface area contributed by atoms with Crippen molar-refractivity contribution < 1.29 is 9.47 Å². The molecule has 2 aromatic rings. The standard InChI is InChI=1S/C15H18N2O2/c1-18-15-5-3-2-4-14(15)17-10-11-19-13-8-6-12(16)7-9-13/h2-9,17H,10-11,16H2,1H3. The van der Waals surface area contributed by atoms with Crippen molar-refractivity contribution in [2.24, 2.45) is 0 Å². The van der Waals surface area contributed by atoms with Crippen LogP contribution in [0.2, 0.25) is 0 Å². The summed E-state index contributed by atoms with van der Waals surface area (Å²) in [5, 5.41) is 3.27. The molecule has 0 saturated carbocycles. The van der Waals surface area contributed by atoms with Crippen LogP contribution in [0.25, 0.3) is 0 Å². The molecule has 4 heteroatoms. The number of nitrogen functional groups attached to an aromatic ring is 1. The molecule has 0 bridgehead atoms. The van der Waals surface area contributed by atoms with Gasteiger partial charge in [-0.3, -0.25) is 0 Å². The van der Waals surface area contributed by atoms with E-state index in [1.54, 1.807) is 7.11 Å². The Balaban J connectivity index is 1.79. The molecular formula is C15H18N2O2. The lowest BCUT2D eigenvalue weighted by atomic mass is 10.3. The molecule has 0 saturated heterocycles. The van der Waals surface area contributed by atoms with Crippen molar-refractivity contribution in [3.05, 3.63) is 48.5 Å². The highest BCUT2D eigenvalue weighted by atomic mass is 16.5. The first-order chi connectivity index (χ1) is 9.29. The van der Waals surface area contributed by atoms with Crippen molar-refractivity contribution in [2.75, 3.05) is 31.3 Å². The summed E-state index contributed by atoms with van der Waals surface area (Å²) in [5.74, 6) is 1.64. The maximum absolute atomic E-state index is 5.61. The molecule has 2 aromatic carbocycles. The van der Waals surface area contributed by atoms with E-state index in [9.17, 15) is 0 Å². The van der Waals surface area contributed by atoms with E-state index in [2.05, 4.69) is 5.32 Å². The fourth-order valence-electron chi connectivity index (χ4n) is 1.71. The molecule has 0 amide bonds. The average molecular weight is 258 g/mol. The minimum Gasteiger partial charge on any atom is -0.495 e. The zero-order chi connectivity index (χ0) is 13.5. The number of hydrogen-bond acceptors (Lipinski definition) is 4. The number of anilines is 2. The second-order valence-electron chi connectivity index (χ2n) is 4.04. The molecular weight excluding hydrogens is 240 g/mol. The van der Waals surface area contributed by atoms with Gasteiger partial charge >= 0.3 is 0 Å². The molecule has 0 radical (unpaired) electrons. The SMILES string of the molecule is COc1ccccc1NCCOc1ccc(N)cc1. The number of ether oxygens (including phenoxy) is 2. The Morgan fingerprint density at radius 2 is 1.79 bits per heavy atom. The molecule has 4 nitrogen and oxygen atoms in total. The molecule has 19 heavy (non-hydrogen) atoms. The lowest BCUT2D eigenvalue weighted by Crippen LogP contribution is -2.12. The lowest BCUT2D eigenvalue weighted by Gasteiger charge is -2.11. The summed E-state index contributed by atoms with van der Waals surface area (Å²) >= 11 is 0. The van der Waals surface area contributed by atoms with Crippen molar-refractivity contribution in [3.63, 3.8) is 0 Å². The summed E-state index contributed by atoms with van der Waals surface area (Å²) in [6.07, 6.45) is 0. The highest BCUT2D eigenvalue weighted by molar-refractivity contribution is 5.56. The fraction of sp³-hybridized carbons (Fsp3) is 0.200. The zero-order valence-corrected chi connectivity index (χ0v) is 10.9. The number of nitrogens with one attached hydrogen (secondary N) is 1. The van der Waals surface area contributed by atoms with Gasteiger partial charge in [0.25, 0.3) is 0 Å². The van der Waals surface area contributed by atoms with Crippen LogP contribution in [-0.4, -0.2) is 20.3 Å². The monoisotopic (exact) mass is 258 g/mol. The Morgan fingerprint density at radius 1 is 1.05 bits per heavy atom. The number of nitrogens with two attached hydrogens (primary N) is 1. The third kappa shape index (κ3) is 3.81. The van der Waals surface area contributed by atoms with Crippen LogP contribution in [0, 0.1) is 0 Å². The van der Waals surface area contributed by atoms with Gasteiger partial charge in [0.1, 0.15) is 18.1 Å². The van der Waals surface area contributed by atoms with E-state index >= 15 is 0 Å². The van der Waals surface area contributed by atoms with Gasteiger partial charge < -0.3 is 20.5 Å².